The van der Waals surface area contributed by atoms with Crippen molar-refractivity contribution >= 4 is 28.8 Å². The van der Waals surface area contributed by atoms with E-state index in [1.807, 2.05) is 58.8 Å². The molecule has 2 atom stereocenters. The molecule has 0 spiro atoms. The molecule has 1 saturated heterocycles. The van der Waals surface area contributed by atoms with Crippen LogP contribution in [0.15, 0.2) is 66.0 Å². The van der Waals surface area contributed by atoms with Crippen LogP contribution in [0, 0.1) is 11.7 Å². The molecule has 3 aromatic rings. The Morgan fingerprint density at radius 2 is 1.77 bits per heavy atom. The van der Waals surface area contributed by atoms with Crippen molar-refractivity contribution in [1.82, 2.24) is 15.1 Å². The van der Waals surface area contributed by atoms with E-state index in [0.29, 0.717) is 18.7 Å². The molecule has 0 saturated carbocycles. The van der Waals surface area contributed by atoms with E-state index in [1.165, 1.54) is 12.1 Å². The van der Waals surface area contributed by atoms with E-state index in [-0.39, 0.29) is 29.6 Å². The average molecular weight is 549 g/mol. The fraction of sp³-hybridized carbons (Fsp3) is 0.419. The molecule has 39 heavy (non-hydrogen) atoms. The molecule has 0 bridgehead atoms. The van der Waals surface area contributed by atoms with Crippen LogP contribution in [0.1, 0.15) is 53.0 Å². The number of nitrogens with one attached hydrogen (secondary N) is 1. The summed E-state index contributed by atoms with van der Waals surface area (Å²) < 4.78 is 13.2. The van der Waals surface area contributed by atoms with Gasteiger partial charge in [-0.05, 0) is 66.2 Å². The molecule has 8 heteroatoms. The van der Waals surface area contributed by atoms with Crippen molar-refractivity contribution in [2.75, 3.05) is 50.7 Å². The first-order chi connectivity index (χ1) is 18.9. The molecule has 2 amide bonds. The zero-order valence-electron chi connectivity index (χ0n) is 22.7. The van der Waals surface area contributed by atoms with Gasteiger partial charge in [0, 0.05) is 55.4 Å². The summed E-state index contributed by atoms with van der Waals surface area (Å²) in [7, 11) is 0. The van der Waals surface area contributed by atoms with Crippen LogP contribution in [0.5, 0.6) is 0 Å². The Labute approximate surface area is 234 Å². The summed E-state index contributed by atoms with van der Waals surface area (Å²) in [6.45, 7) is 9.99. The number of amides is 2. The third-order valence-electron chi connectivity index (χ3n) is 7.63. The third kappa shape index (κ3) is 6.17. The van der Waals surface area contributed by atoms with Gasteiger partial charge in [0.2, 0.25) is 5.91 Å². The maximum atomic E-state index is 13.8. The van der Waals surface area contributed by atoms with Gasteiger partial charge in [0.25, 0.3) is 5.91 Å². The van der Waals surface area contributed by atoms with Gasteiger partial charge in [-0.25, -0.2) is 4.39 Å². The van der Waals surface area contributed by atoms with Gasteiger partial charge in [0.15, 0.2) is 0 Å². The van der Waals surface area contributed by atoms with E-state index in [1.54, 1.807) is 11.3 Å². The van der Waals surface area contributed by atoms with Gasteiger partial charge in [-0.15, -0.1) is 11.3 Å². The van der Waals surface area contributed by atoms with Crippen molar-refractivity contribution in [3.05, 3.63) is 87.9 Å². The number of benzene rings is 2. The topological polar surface area (TPSA) is 55.9 Å². The first-order valence-electron chi connectivity index (χ1n) is 13.9. The number of halogens is 1. The van der Waals surface area contributed by atoms with Crippen molar-refractivity contribution in [2.45, 2.75) is 32.2 Å². The molecule has 2 aliphatic rings. The second-order valence-corrected chi connectivity index (χ2v) is 11.8. The molecule has 2 aliphatic heterocycles. The summed E-state index contributed by atoms with van der Waals surface area (Å²) >= 11 is 1.60. The number of hydrogen-bond donors (Lipinski definition) is 1. The molecule has 3 heterocycles. The fourth-order valence-corrected chi connectivity index (χ4v) is 6.63. The molecule has 1 fully saturated rings. The minimum atomic E-state index is -0.449. The Balaban J connectivity index is 1.21. The first-order valence-corrected chi connectivity index (χ1v) is 14.7. The van der Waals surface area contributed by atoms with Crippen molar-refractivity contribution in [2.24, 2.45) is 5.92 Å². The van der Waals surface area contributed by atoms with E-state index < -0.39 is 5.92 Å². The number of anilines is 1. The second-order valence-electron chi connectivity index (χ2n) is 10.8. The highest BCUT2D eigenvalue weighted by atomic mass is 32.1. The predicted octanol–water partition coefficient (Wildman–Crippen LogP) is 5.15. The summed E-state index contributed by atoms with van der Waals surface area (Å²) in [5, 5.41) is 5.22. The highest BCUT2D eigenvalue weighted by molar-refractivity contribution is 7.10. The van der Waals surface area contributed by atoms with Gasteiger partial charge in [-0.2, -0.15) is 0 Å². The lowest BCUT2D eigenvalue weighted by Gasteiger charge is -2.42. The van der Waals surface area contributed by atoms with Crippen molar-refractivity contribution < 1.29 is 14.0 Å². The summed E-state index contributed by atoms with van der Waals surface area (Å²) in [6, 6.07) is 18.0. The molecule has 5 rings (SSSR count). The van der Waals surface area contributed by atoms with Crippen molar-refractivity contribution in [3.8, 4) is 0 Å². The molecular formula is C31H37FN4O2S. The summed E-state index contributed by atoms with van der Waals surface area (Å²) in [4.78, 5) is 35.0. The maximum absolute atomic E-state index is 13.8. The van der Waals surface area contributed by atoms with Crippen LogP contribution in [0.3, 0.4) is 0 Å². The Hall–Kier alpha value is -3.23. The number of nitrogens with zero attached hydrogens (tertiary/aromatic N) is 3. The standard InChI is InChI=1S/C31H37FN4O2S/c1-22(2)21-36-29(27-9-5-20-39-27)28(25-7-3-4-8-26(25)31(36)38)30(37)33-14-6-15-34-16-18-35(19-17-34)24-12-10-23(32)11-13-24/h3-5,7-13,20,22,28-29H,6,14-19,21H2,1-2H3,(H,33,37)/t28-,29-/m1/s1. The maximum Gasteiger partial charge on any atom is 0.254 e. The molecule has 1 N–H and O–H groups in total. The highest BCUT2D eigenvalue weighted by Gasteiger charge is 2.44. The minimum Gasteiger partial charge on any atom is -0.369 e. The van der Waals surface area contributed by atoms with Crippen LogP contribution in [-0.4, -0.2) is 67.4 Å². The Kier molecular flexibility index (Phi) is 8.63. The lowest BCUT2D eigenvalue weighted by Crippen LogP contribution is -2.49. The number of fused-ring (bicyclic) bond motifs is 1. The first kappa shape index (κ1) is 27.3. The van der Waals surface area contributed by atoms with Gasteiger partial charge in [0.1, 0.15) is 5.82 Å². The Morgan fingerprint density at radius 1 is 1.03 bits per heavy atom. The molecule has 0 unspecified atom stereocenters. The van der Waals surface area contributed by atoms with E-state index >= 15 is 0 Å². The molecule has 0 aliphatic carbocycles. The number of hydrogen-bond acceptors (Lipinski definition) is 5. The molecule has 6 nitrogen and oxygen atoms in total. The van der Waals surface area contributed by atoms with Gasteiger partial charge in [0.05, 0.1) is 12.0 Å². The number of carbonyl (C=O) groups is 2. The third-order valence-corrected chi connectivity index (χ3v) is 8.58. The van der Waals surface area contributed by atoms with Crippen LogP contribution in [-0.2, 0) is 4.79 Å². The number of carbonyl (C=O) groups excluding carboxylic acids is 2. The molecular weight excluding hydrogens is 511 g/mol. The molecule has 1 aromatic heterocycles. The highest BCUT2D eigenvalue weighted by Crippen LogP contribution is 2.44. The van der Waals surface area contributed by atoms with Crippen molar-refractivity contribution in [3.63, 3.8) is 0 Å². The second kappa shape index (κ2) is 12.3. The van der Waals surface area contributed by atoms with Crippen LogP contribution in [0.25, 0.3) is 0 Å². The van der Waals surface area contributed by atoms with Crippen molar-refractivity contribution in [1.29, 1.82) is 0 Å². The monoisotopic (exact) mass is 548 g/mol. The lowest BCUT2D eigenvalue weighted by atomic mass is 9.81. The molecule has 2 aromatic carbocycles. The zero-order valence-corrected chi connectivity index (χ0v) is 23.5. The van der Waals surface area contributed by atoms with Gasteiger partial charge in [-0.3, -0.25) is 14.5 Å². The SMILES string of the molecule is CC(C)CN1C(=O)c2ccccc2[C@@H](C(=O)NCCCN2CCN(c3ccc(F)cc3)CC2)[C@H]1c1cccs1. The van der Waals surface area contributed by atoms with Crippen LogP contribution in [0.4, 0.5) is 10.1 Å². The van der Waals surface area contributed by atoms with Gasteiger partial charge < -0.3 is 15.1 Å². The van der Waals surface area contributed by atoms with Gasteiger partial charge in [-0.1, -0.05) is 38.1 Å². The number of rotatable bonds is 9. The van der Waals surface area contributed by atoms with E-state index in [9.17, 15) is 14.0 Å². The largest absolute Gasteiger partial charge is 0.369 e. The molecule has 206 valence electrons. The zero-order chi connectivity index (χ0) is 27.4. The lowest BCUT2D eigenvalue weighted by molar-refractivity contribution is -0.124. The summed E-state index contributed by atoms with van der Waals surface area (Å²) in [5.74, 6) is -0.397. The number of thiophene rings is 1. The quantitative estimate of drug-likeness (QED) is 0.376. The Bertz CT molecular complexity index is 1260. The number of piperazine rings is 1. The summed E-state index contributed by atoms with van der Waals surface area (Å²) in [6.07, 6.45) is 0.856. The normalized spacial score (nSPS) is 19.8. The molecule has 0 radical (unpaired) electrons. The average Bonchev–Trinajstić information content (AvgIpc) is 3.48. The predicted molar refractivity (Wildman–Crippen MR) is 155 cm³/mol. The smallest absolute Gasteiger partial charge is 0.254 e. The van der Waals surface area contributed by atoms with E-state index in [4.69, 9.17) is 0 Å². The minimum absolute atomic E-state index is 0.00142. The van der Waals surface area contributed by atoms with Crippen LogP contribution >= 0.6 is 11.3 Å². The van der Waals surface area contributed by atoms with Crippen LogP contribution < -0.4 is 10.2 Å². The van der Waals surface area contributed by atoms with E-state index in [2.05, 4.69) is 29.0 Å². The fourth-order valence-electron chi connectivity index (χ4n) is 5.75. The van der Waals surface area contributed by atoms with Crippen LogP contribution in [0.2, 0.25) is 0 Å². The van der Waals surface area contributed by atoms with E-state index in [0.717, 1.165) is 55.3 Å². The van der Waals surface area contributed by atoms with Gasteiger partial charge >= 0.3 is 0 Å². The summed E-state index contributed by atoms with van der Waals surface area (Å²) in [5.41, 5.74) is 2.50. The Morgan fingerprint density at radius 3 is 2.46 bits per heavy atom.